The van der Waals surface area contributed by atoms with Crippen LogP contribution in [-0.4, -0.2) is 33.3 Å². The van der Waals surface area contributed by atoms with Crippen LogP contribution in [-0.2, 0) is 4.79 Å². The van der Waals surface area contributed by atoms with Crippen molar-refractivity contribution >= 4 is 34.4 Å². The summed E-state index contributed by atoms with van der Waals surface area (Å²) in [5.74, 6) is 0.419. The van der Waals surface area contributed by atoms with Gasteiger partial charge in [-0.25, -0.2) is 4.98 Å². The Morgan fingerprint density at radius 2 is 1.76 bits per heavy atom. The fourth-order valence-corrected chi connectivity index (χ4v) is 4.94. The first-order chi connectivity index (χ1) is 17.9. The third kappa shape index (κ3) is 5.01. The lowest BCUT2D eigenvalue weighted by molar-refractivity contribution is -0.113. The topological polar surface area (TPSA) is 89.0 Å². The van der Waals surface area contributed by atoms with Gasteiger partial charge >= 0.3 is 0 Å². The van der Waals surface area contributed by atoms with E-state index < -0.39 is 0 Å². The first kappa shape index (κ1) is 24.4. The highest BCUT2D eigenvalue weighted by atomic mass is 32.2. The number of nitrogens with zero attached hydrogens (tertiary/aromatic N) is 2. The molecule has 1 amide bonds. The van der Waals surface area contributed by atoms with Crippen molar-refractivity contribution < 1.29 is 9.53 Å². The zero-order chi connectivity index (χ0) is 25.9. The molecule has 0 fully saturated rings. The van der Waals surface area contributed by atoms with Crippen LogP contribution in [0.4, 0.5) is 5.69 Å². The molecule has 0 saturated carbocycles. The van der Waals surface area contributed by atoms with Crippen LogP contribution in [0, 0.1) is 13.8 Å². The molecule has 0 aliphatic rings. The molecule has 0 radical (unpaired) electrons. The van der Waals surface area contributed by atoms with Crippen molar-refractivity contribution in [3.05, 3.63) is 100 Å². The van der Waals surface area contributed by atoms with Gasteiger partial charge in [0.1, 0.15) is 16.8 Å². The lowest BCUT2D eigenvalue weighted by Gasteiger charge is -2.14. The highest BCUT2D eigenvalue weighted by Crippen LogP contribution is 2.30. The minimum absolute atomic E-state index is 0.0615. The average molecular weight is 511 g/mol. The number of rotatable bonds is 7. The number of aromatic nitrogens is 3. The van der Waals surface area contributed by atoms with Crippen LogP contribution >= 0.6 is 11.8 Å². The van der Waals surface area contributed by atoms with Crippen molar-refractivity contribution in [3.63, 3.8) is 0 Å². The molecule has 5 rings (SSSR count). The Kier molecular flexibility index (Phi) is 6.83. The van der Waals surface area contributed by atoms with E-state index in [9.17, 15) is 9.59 Å². The Balaban J connectivity index is 1.54. The Bertz CT molecular complexity index is 1640. The number of carbonyl (C=O) groups is 1. The molecule has 186 valence electrons. The SMILES string of the molecule is COc1ccc(C)cc1NC(=O)CSc1nc2c(-c3ccccc3)c[nH]c2c(=O)n1-c1ccc(C)cc1. The predicted molar refractivity (Wildman–Crippen MR) is 149 cm³/mol. The molecule has 5 aromatic rings. The number of carbonyl (C=O) groups excluding carboxylic acids is 1. The third-order valence-corrected chi connectivity index (χ3v) is 6.95. The lowest BCUT2D eigenvalue weighted by Crippen LogP contribution is -2.23. The van der Waals surface area contributed by atoms with Gasteiger partial charge in [0.15, 0.2) is 5.16 Å². The molecule has 0 unspecified atom stereocenters. The zero-order valence-corrected chi connectivity index (χ0v) is 21.6. The van der Waals surface area contributed by atoms with Gasteiger partial charge in [0.25, 0.3) is 5.56 Å². The molecule has 2 aromatic heterocycles. The maximum atomic E-state index is 13.7. The molecule has 0 aliphatic heterocycles. The number of anilines is 1. The second-order valence-corrected chi connectivity index (χ2v) is 9.65. The van der Waals surface area contributed by atoms with Crippen LogP contribution in [0.1, 0.15) is 11.1 Å². The Morgan fingerprint density at radius 1 is 1.03 bits per heavy atom. The van der Waals surface area contributed by atoms with Gasteiger partial charge in [-0.2, -0.15) is 0 Å². The van der Waals surface area contributed by atoms with Crippen LogP contribution in [0.3, 0.4) is 0 Å². The number of hydrogen-bond acceptors (Lipinski definition) is 5. The molecular formula is C29H26N4O3S. The first-order valence-electron chi connectivity index (χ1n) is 11.8. The quantitative estimate of drug-likeness (QED) is 0.215. The predicted octanol–water partition coefficient (Wildman–Crippen LogP) is 5.74. The van der Waals surface area contributed by atoms with Crippen molar-refractivity contribution in [1.82, 2.24) is 14.5 Å². The second-order valence-electron chi connectivity index (χ2n) is 8.70. The molecule has 37 heavy (non-hydrogen) atoms. The van der Waals surface area contributed by atoms with E-state index in [2.05, 4.69) is 10.3 Å². The molecule has 2 N–H and O–H groups in total. The number of hydrogen-bond donors (Lipinski definition) is 2. The van der Waals surface area contributed by atoms with Gasteiger partial charge in [0.05, 0.1) is 24.2 Å². The summed E-state index contributed by atoms with van der Waals surface area (Å²) in [6.07, 6.45) is 1.80. The molecule has 0 saturated heterocycles. The maximum absolute atomic E-state index is 13.7. The highest BCUT2D eigenvalue weighted by molar-refractivity contribution is 7.99. The van der Waals surface area contributed by atoms with Gasteiger partial charge in [-0.3, -0.25) is 14.2 Å². The van der Waals surface area contributed by atoms with E-state index in [0.717, 1.165) is 22.3 Å². The number of amides is 1. The van der Waals surface area contributed by atoms with Gasteiger partial charge in [-0.1, -0.05) is 65.9 Å². The number of H-pyrrole nitrogens is 1. The van der Waals surface area contributed by atoms with Gasteiger partial charge in [-0.05, 0) is 49.2 Å². The summed E-state index contributed by atoms with van der Waals surface area (Å²) < 4.78 is 6.93. The number of aryl methyl sites for hydroxylation is 2. The summed E-state index contributed by atoms with van der Waals surface area (Å²) in [6.45, 7) is 3.94. The Hall–Kier alpha value is -4.30. The number of methoxy groups -OCH3 is 1. The molecule has 0 aliphatic carbocycles. The molecule has 0 spiro atoms. The van der Waals surface area contributed by atoms with E-state index in [4.69, 9.17) is 9.72 Å². The van der Waals surface area contributed by atoms with Crippen molar-refractivity contribution in [2.75, 3.05) is 18.2 Å². The van der Waals surface area contributed by atoms with E-state index >= 15 is 0 Å². The van der Waals surface area contributed by atoms with Crippen molar-refractivity contribution in [2.24, 2.45) is 0 Å². The van der Waals surface area contributed by atoms with Crippen LogP contribution in [0.15, 0.2) is 88.9 Å². The van der Waals surface area contributed by atoms with Crippen LogP contribution in [0.2, 0.25) is 0 Å². The number of fused-ring (bicyclic) bond motifs is 1. The van der Waals surface area contributed by atoms with E-state index in [1.165, 1.54) is 11.8 Å². The standard InChI is InChI=1S/C29H26N4O3S/c1-18-9-12-21(13-10-18)33-28(35)27-26(22(16-30-27)20-7-5-4-6-8-20)32-29(33)37-17-25(34)31-23-15-19(2)11-14-24(23)36-3/h4-16,30H,17H2,1-3H3,(H,31,34). The summed E-state index contributed by atoms with van der Waals surface area (Å²) in [5.41, 5.74) is 5.92. The molecule has 7 nitrogen and oxygen atoms in total. The fraction of sp³-hybridized carbons (Fsp3) is 0.138. The van der Waals surface area contributed by atoms with Crippen molar-refractivity contribution in [1.29, 1.82) is 0 Å². The van der Waals surface area contributed by atoms with Crippen LogP contribution < -0.4 is 15.6 Å². The first-order valence-corrected chi connectivity index (χ1v) is 12.8. The van der Waals surface area contributed by atoms with Gasteiger partial charge in [0, 0.05) is 11.8 Å². The normalized spacial score (nSPS) is 11.0. The van der Waals surface area contributed by atoms with Crippen molar-refractivity contribution in [2.45, 2.75) is 19.0 Å². The Morgan fingerprint density at radius 3 is 2.49 bits per heavy atom. The minimum Gasteiger partial charge on any atom is -0.495 e. The summed E-state index contributed by atoms with van der Waals surface area (Å²) in [4.78, 5) is 34.6. The van der Waals surface area contributed by atoms with E-state index in [-0.39, 0.29) is 17.2 Å². The third-order valence-electron chi connectivity index (χ3n) is 6.01. The number of ether oxygens (including phenoxy) is 1. The summed E-state index contributed by atoms with van der Waals surface area (Å²) in [5, 5.41) is 3.35. The number of nitrogens with one attached hydrogen (secondary N) is 2. The number of thioether (sulfide) groups is 1. The number of aromatic amines is 1. The summed E-state index contributed by atoms with van der Waals surface area (Å²) in [7, 11) is 1.57. The second kappa shape index (κ2) is 10.4. The molecule has 2 heterocycles. The van der Waals surface area contributed by atoms with Crippen LogP contribution in [0.5, 0.6) is 5.75 Å². The highest BCUT2D eigenvalue weighted by Gasteiger charge is 2.19. The summed E-state index contributed by atoms with van der Waals surface area (Å²) in [6, 6.07) is 23.0. The van der Waals surface area contributed by atoms with Gasteiger partial charge < -0.3 is 15.0 Å². The fourth-order valence-electron chi connectivity index (χ4n) is 4.13. The van der Waals surface area contributed by atoms with E-state index in [1.54, 1.807) is 17.9 Å². The van der Waals surface area contributed by atoms with Crippen LogP contribution in [0.25, 0.3) is 27.8 Å². The maximum Gasteiger partial charge on any atom is 0.283 e. The van der Waals surface area contributed by atoms with E-state index in [0.29, 0.717) is 33.3 Å². The van der Waals surface area contributed by atoms with Gasteiger partial charge in [-0.15, -0.1) is 0 Å². The van der Waals surface area contributed by atoms with E-state index in [1.807, 2.05) is 86.6 Å². The molecular weight excluding hydrogens is 484 g/mol. The smallest absolute Gasteiger partial charge is 0.283 e. The van der Waals surface area contributed by atoms with Crippen molar-refractivity contribution in [3.8, 4) is 22.6 Å². The zero-order valence-electron chi connectivity index (χ0n) is 20.7. The molecule has 3 aromatic carbocycles. The molecule has 0 atom stereocenters. The van der Waals surface area contributed by atoms with Gasteiger partial charge in [0.2, 0.25) is 5.91 Å². The molecule has 0 bridgehead atoms. The monoisotopic (exact) mass is 510 g/mol. The minimum atomic E-state index is -0.226. The number of benzene rings is 3. The average Bonchev–Trinajstić information content (AvgIpc) is 3.33. The lowest BCUT2D eigenvalue weighted by atomic mass is 10.1. The Labute approximate surface area is 218 Å². The molecule has 8 heteroatoms. The largest absolute Gasteiger partial charge is 0.495 e. The summed E-state index contributed by atoms with van der Waals surface area (Å²) >= 11 is 1.21.